The Hall–Kier alpha value is -1.09. The first-order valence-electron chi connectivity index (χ1n) is 7.66. The van der Waals surface area contributed by atoms with E-state index in [9.17, 15) is 0 Å². The molecule has 0 unspecified atom stereocenters. The van der Waals surface area contributed by atoms with Crippen molar-refractivity contribution in [3.8, 4) is 0 Å². The van der Waals surface area contributed by atoms with E-state index in [2.05, 4.69) is 69.9 Å². The fourth-order valence-electron chi connectivity index (χ4n) is 2.71. The highest BCUT2D eigenvalue weighted by molar-refractivity contribution is 5.41. The van der Waals surface area contributed by atoms with Crippen LogP contribution in [0.3, 0.4) is 0 Å². The zero-order chi connectivity index (χ0) is 14.9. The minimum Gasteiger partial charge on any atom is -0.355 e. The van der Waals surface area contributed by atoms with Gasteiger partial charge in [-0.15, -0.1) is 0 Å². The first-order chi connectivity index (χ1) is 9.29. The molecule has 0 amide bonds. The Morgan fingerprint density at radius 2 is 2.00 bits per heavy atom. The number of pyridine rings is 1. The Bertz CT molecular complexity index is 431. The van der Waals surface area contributed by atoms with E-state index in [0.717, 1.165) is 18.9 Å². The highest BCUT2D eigenvalue weighted by Crippen LogP contribution is 2.34. The number of aromatic nitrogens is 1. The molecule has 0 aliphatic carbocycles. The smallest absolute Gasteiger partial charge is 0.128 e. The van der Waals surface area contributed by atoms with Gasteiger partial charge >= 0.3 is 0 Å². The molecular weight excluding hydrogens is 246 g/mol. The van der Waals surface area contributed by atoms with Gasteiger partial charge in [-0.25, -0.2) is 4.98 Å². The molecule has 1 aliphatic heterocycles. The van der Waals surface area contributed by atoms with Gasteiger partial charge in [-0.1, -0.05) is 33.8 Å². The predicted molar refractivity (Wildman–Crippen MR) is 86.4 cm³/mol. The molecule has 112 valence electrons. The zero-order valence-corrected chi connectivity index (χ0v) is 13.8. The lowest BCUT2D eigenvalue weighted by atomic mass is 9.78. The van der Waals surface area contributed by atoms with Crippen LogP contribution in [0.25, 0.3) is 0 Å². The number of likely N-dealkylation sites (N-methyl/N-ethyl adjacent to an activating group) is 1. The molecule has 3 nitrogen and oxygen atoms in total. The van der Waals surface area contributed by atoms with E-state index in [0.29, 0.717) is 12.0 Å². The fraction of sp³-hybridized carbons (Fsp3) is 0.706. The first-order valence-corrected chi connectivity index (χ1v) is 7.66. The fourth-order valence-corrected chi connectivity index (χ4v) is 2.71. The third-order valence-corrected chi connectivity index (χ3v) is 4.79. The average Bonchev–Trinajstić information content (AvgIpc) is 2.86. The van der Waals surface area contributed by atoms with Crippen LogP contribution in [0.1, 0.15) is 45.6 Å². The Morgan fingerprint density at radius 3 is 2.45 bits per heavy atom. The molecular formula is C17H29N3. The molecule has 1 saturated heterocycles. The number of nitrogens with zero attached hydrogens (tertiary/aromatic N) is 3. The lowest BCUT2D eigenvalue weighted by Crippen LogP contribution is -2.31. The molecule has 0 aromatic carbocycles. The number of hydrogen-bond acceptors (Lipinski definition) is 3. The van der Waals surface area contributed by atoms with E-state index in [4.69, 9.17) is 4.98 Å². The van der Waals surface area contributed by atoms with Crippen molar-refractivity contribution in [2.24, 2.45) is 5.41 Å². The van der Waals surface area contributed by atoms with E-state index in [1.807, 2.05) is 0 Å². The standard InChI is InChI=1S/C17H29N3/c1-13(17(2,3)4)14-7-8-16(18-11-14)20-10-9-15(12-20)19(5)6/h7-8,11,13,15H,9-10,12H2,1-6H3/t13-,15-/m1/s1. The van der Waals surface area contributed by atoms with Crippen molar-refractivity contribution >= 4 is 5.82 Å². The van der Waals surface area contributed by atoms with Crippen molar-refractivity contribution in [2.75, 3.05) is 32.1 Å². The topological polar surface area (TPSA) is 19.4 Å². The lowest BCUT2D eigenvalue weighted by Gasteiger charge is -2.28. The van der Waals surface area contributed by atoms with E-state index in [1.165, 1.54) is 12.0 Å². The van der Waals surface area contributed by atoms with Gasteiger partial charge < -0.3 is 9.80 Å². The highest BCUT2D eigenvalue weighted by Gasteiger charge is 2.26. The molecule has 1 aromatic heterocycles. The predicted octanol–water partition coefficient (Wildman–Crippen LogP) is 3.37. The maximum absolute atomic E-state index is 4.70. The molecule has 0 bridgehead atoms. The van der Waals surface area contributed by atoms with E-state index < -0.39 is 0 Å². The summed E-state index contributed by atoms with van der Waals surface area (Å²) in [6.07, 6.45) is 3.29. The van der Waals surface area contributed by atoms with E-state index in [-0.39, 0.29) is 5.41 Å². The highest BCUT2D eigenvalue weighted by atomic mass is 15.3. The summed E-state index contributed by atoms with van der Waals surface area (Å²) in [7, 11) is 4.32. The molecule has 3 heteroatoms. The summed E-state index contributed by atoms with van der Waals surface area (Å²) in [4.78, 5) is 9.41. The van der Waals surface area contributed by atoms with Gasteiger partial charge in [-0.05, 0) is 43.5 Å². The quantitative estimate of drug-likeness (QED) is 0.843. The van der Waals surface area contributed by atoms with Gasteiger partial charge in [0.1, 0.15) is 5.82 Å². The minimum absolute atomic E-state index is 0.285. The average molecular weight is 275 g/mol. The molecule has 2 atom stereocenters. The Morgan fingerprint density at radius 1 is 1.30 bits per heavy atom. The van der Waals surface area contributed by atoms with Crippen molar-refractivity contribution in [2.45, 2.75) is 46.1 Å². The minimum atomic E-state index is 0.285. The lowest BCUT2D eigenvalue weighted by molar-refractivity contribution is 0.315. The van der Waals surface area contributed by atoms with Gasteiger partial charge in [0.2, 0.25) is 0 Å². The normalized spacial score (nSPS) is 21.6. The summed E-state index contributed by atoms with van der Waals surface area (Å²) in [5, 5.41) is 0. The van der Waals surface area contributed by atoms with Crippen LogP contribution >= 0.6 is 0 Å². The number of anilines is 1. The molecule has 20 heavy (non-hydrogen) atoms. The maximum atomic E-state index is 4.70. The summed E-state index contributed by atoms with van der Waals surface area (Å²) in [5.41, 5.74) is 1.62. The number of hydrogen-bond donors (Lipinski definition) is 0. The van der Waals surface area contributed by atoms with Gasteiger partial charge in [0, 0.05) is 25.3 Å². The summed E-state index contributed by atoms with van der Waals surface area (Å²) < 4.78 is 0. The summed E-state index contributed by atoms with van der Waals surface area (Å²) in [5.74, 6) is 1.65. The molecule has 0 radical (unpaired) electrons. The van der Waals surface area contributed by atoms with Crippen LogP contribution in [0.5, 0.6) is 0 Å². The van der Waals surface area contributed by atoms with Gasteiger partial charge in [0.15, 0.2) is 0 Å². The van der Waals surface area contributed by atoms with E-state index in [1.54, 1.807) is 0 Å². The second-order valence-corrected chi connectivity index (χ2v) is 7.39. The van der Waals surface area contributed by atoms with Gasteiger partial charge in [-0.3, -0.25) is 0 Å². The van der Waals surface area contributed by atoms with Crippen LogP contribution in [0.15, 0.2) is 18.3 Å². The summed E-state index contributed by atoms with van der Waals surface area (Å²) in [6.45, 7) is 11.3. The van der Waals surface area contributed by atoms with Crippen molar-refractivity contribution in [1.29, 1.82) is 0 Å². The Kier molecular flexibility index (Phi) is 4.38. The molecule has 2 rings (SSSR count). The van der Waals surface area contributed by atoms with Gasteiger partial charge in [0.25, 0.3) is 0 Å². The second-order valence-electron chi connectivity index (χ2n) is 7.39. The van der Waals surface area contributed by atoms with Gasteiger partial charge in [0.05, 0.1) is 0 Å². The molecule has 1 aliphatic rings. The van der Waals surface area contributed by atoms with Crippen LogP contribution < -0.4 is 4.90 Å². The third kappa shape index (κ3) is 3.32. The summed E-state index contributed by atoms with van der Waals surface area (Å²) in [6, 6.07) is 5.10. The zero-order valence-electron chi connectivity index (χ0n) is 13.8. The van der Waals surface area contributed by atoms with Crippen LogP contribution in [0, 0.1) is 5.41 Å². The molecule has 2 heterocycles. The van der Waals surface area contributed by atoms with Crippen LogP contribution in [0.4, 0.5) is 5.82 Å². The monoisotopic (exact) mass is 275 g/mol. The maximum Gasteiger partial charge on any atom is 0.128 e. The molecule has 0 spiro atoms. The Balaban J connectivity index is 2.06. The Labute approximate surface area is 124 Å². The summed E-state index contributed by atoms with van der Waals surface area (Å²) >= 11 is 0. The molecule has 1 fully saturated rings. The molecule has 1 aromatic rings. The van der Waals surface area contributed by atoms with Crippen molar-refractivity contribution in [1.82, 2.24) is 9.88 Å². The van der Waals surface area contributed by atoms with Crippen LogP contribution in [-0.2, 0) is 0 Å². The SMILES string of the molecule is C[C@H](c1ccc(N2CC[C@@H](N(C)C)C2)nc1)C(C)(C)C. The van der Waals surface area contributed by atoms with Crippen molar-refractivity contribution < 1.29 is 0 Å². The first kappa shape index (κ1) is 15.3. The third-order valence-electron chi connectivity index (χ3n) is 4.79. The largest absolute Gasteiger partial charge is 0.355 e. The van der Waals surface area contributed by atoms with Crippen molar-refractivity contribution in [3.63, 3.8) is 0 Å². The van der Waals surface area contributed by atoms with Gasteiger partial charge in [-0.2, -0.15) is 0 Å². The second kappa shape index (κ2) is 5.72. The molecule has 0 saturated carbocycles. The van der Waals surface area contributed by atoms with Crippen LogP contribution in [0.2, 0.25) is 0 Å². The van der Waals surface area contributed by atoms with Crippen LogP contribution in [-0.4, -0.2) is 43.1 Å². The van der Waals surface area contributed by atoms with E-state index >= 15 is 0 Å². The molecule has 0 N–H and O–H groups in total. The number of rotatable bonds is 3. The van der Waals surface area contributed by atoms with Crippen molar-refractivity contribution in [3.05, 3.63) is 23.9 Å².